The van der Waals surface area contributed by atoms with Crippen molar-refractivity contribution >= 4 is 18.2 Å². The molecule has 0 aromatic heterocycles. The molecule has 0 amide bonds. The SMILES string of the molecule is CCCCCCCCCCCCCCCCOC[C@H](COP(=O)(O)SCCN)OCCCCCCCCCCCCCCCC. The third-order valence-electron chi connectivity index (χ3n) is 8.59. The van der Waals surface area contributed by atoms with Gasteiger partial charge in [0.15, 0.2) is 0 Å². The normalized spacial score (nSPS) is 13.8. The lowest BCUT2D eigenvalue weighted by Crippen LogP contribution is -2.26. The van der Waals surface area contributed by atoms with E-state index < -0.39 is 6.80 Å². The lowest BCUT2D eigenvalue weighted by atomic mass is 10.0. The number of rotatable bonds is 39. The van der Waals surface area contributed by atoms with Gasteiger partial charge < -0.3 is 20.1 Å². The zero-order valence-corrected chi connectivity index (χ0v) is 31.8. The van der Waals surface area contributed by atoms with Crippen LogP contribution in [0.15, 0.2) is 0 Å². The van der Waals surface area contributed by atoms with Gasteiger partial charge in [0.1, 0.15) is 6.10 Å². The lowest BCUT2D eigenvalue weighted by Gasteiger charge is -2.20. The first kappa shape index (κ1) is 45.4. The number of hydrogen-bond acceptors (Lipinski definition) is 6. The highest BCUT2D eigenvalue weighted by molar-refractivity contribution is 8.54. The van der Waals surface area contributed by atoms with Crippen molar-refractivity contribution in [3.8, 4) is 0 Å². The molecule has 272 valence electrons. The fourth-order valence-electron chi connectivity index (χ4n) is 5.69. The fourth-order valence-corrected chi connectivity index (χ4v) is 7.87. The average molecular weight is 680 g/mol. The van der Waals surface area contributed by atoms with Gasteiger partial charge in [-0.3, -0.25) is 4.52 Å². The minimum Gasteiger partial charge on any atom is -0.379 e. The summed E-state index contributed by atoms with van der Waals surface area (Å²) in [7, 11) is 0. The van der Waals surface area contributed by atoms with Crippen molar-refractivity contribution in [2.24, 2.45) is 5.73 Å². The Hall–Kier alpha value is 0.380. The summed E-state index contributed by atoms with van der Waals surface area (Å²) in [5.74, 6) is 0.397. The number of ether oxygens (including phenoxy) is 2. The van der Waals surface area contributed by atoms with Crippen LogP contribution >= 0.6 is 18.2 Å². The summed E-state index contributed by atoms with van der Waals surface area (Å²) < 4.78 is 29.6. The second kappa shape index (κ2) is 37.2. The minimum atomic E-state index is -3.71. The second-order valence-corrected chi connectivity index (χ2v) is 17.2. The predicted octanol–water partition coefficient (Wildman–Crippen LogP) is 12.2. The summed E-state index contributed by atoms with van der Waals surface area (Å²) in [5, 5.41) is 0. The maximum absolute atomic E-state index is 12.3. The summed E-state index contributed by atoms with van der Waals surface area (Å²) in [6.45, 7) is 3.01. The van der Waals surface area contributed by atoms with Gasteiger partial charge in [-0.25, -0.2) is 4.57 Å². The summed E-state index contributed by atoms with van der Waals surface area (Å²) in [6.07, 6.45) is 37.0. The van der Waals surface area contributed by atoms with Crippen LogP contribution in [-0.2, 0) is 18.6 Å². The van der Waals surface area contributed by atoms with Crippen molar-refractivity contribution < 1.29 is 23.5 Å². The molecule has 8 heteroatoms. The number of unbranched alkanes of at least 4 members (excludes halogenated alkanes) is 26. The van der Waals surface area contributed by atoms with Crippen molar-refractivity contribution in [3.05, 3.63) is 0 Å². The van der Waals surface area contributed by atoms with Gasteiger partial charge in [-0.2, -0.15) is 0 Å². The van der Waals surface area contributed by atoms with Crippen molar-refractivity contribution in [3.63, 3.8) is 0 Å². The van der Waals surface area contributed by atoms with Crippen LogP contribution in [0.25, 0.3) is 0 Å². The molecule has 2 atom stereocenters. The van der Waals surface area contributed by atoms with Crippen molar-refractivity contribution in [1.82, 2.24) is 0 Å². The number of nitrogens with two attached hydrogens (primary N) is 1. The molecule has 0 aliphatic carbocycles. The van der Waals surface area contributed by atoms with Crippen LogP contribution in [0.2, 0.25) is 0 Å². The van der Waals surface area contributed by atoms with Gasteiger partial charge in [0, 0.05) is 25.5 Å². The molecular formula is C37H78NO5PS. The summed E-state index contributed by atoms with van der Waals surface area (Å²) in [5.41, 5.74) is 5.48. The third kappa shape index (κ3) is 37.1. The largest absolute Gasteiger partial charge is 0.386 e. The Labute approximate surface area is 285 Å². The van der Waals surface area contributed by atoms with Crippen LogP contribution < -0.4 is 5.73 Å². The van der Waals surface area contributed by atoms with E-state index in [1.165, 1.54) is 161 Å². The molecule has 3 N–H and O–H groups in total. The van der Waals surface area contributed by atoms with E-state index in [1.807, 2.05) is 0 Å². The van der Waals surface area contributed by atoms with Gasteiger partial charge >= 0.3 is 6.80 Å². The third-order valence-corrected chi connectivity index (χ3v) is 11.7. The zero-order chi connectivity index (χ0) is 32.9. The monoisotopic (exact) mass is 680 g/mol. The van der Waals surface area contributed by atoms with Gasteiger partial charge in [0.2, 0.25) is 0 Å². The molecule has 0 bridgehead atoms. The van der Waals surface area contributed by atoms with E-state index in [9.17, 15) is 9.46 Å². The molecule has 0 aromatic rings. The van der Waals surface area contributed by atoms with E-state index in [0.717, 1.165) is 30.6 Å². The standard InChI is InChI=1S/C37H78NO5PS/c1-3-5-7-9-11-13-15-17-19-21-23-25-27-29-32-41-35-37(36-43-44(39,40)45-34-31-38)42-33-30-28-26-24-22-20-18-16-14-12-10-8-6-4-2/h37H,3-36,38H2,1-2H3,(H,39,40)/t37-/m1/s1. The first-order valence-electron chi connectivity index (χ1n) is 19.6. The van der Waals surface area contributed by atoms with E-state index in [0.29, 0.717) is 32.1 Å². The second-order valence-electron chi connectivity index (χ2n) is 13.1. The zero-order valence-electron chi connectivity index (χ0n) is 30.1. The van der Waals surface area contributed by atoms with Crippen LogP contribution in [0, 0.1) is 0 Å². The van der Waals surface area contributed by atoms with Crippen LogP contribution in [0.4, 0.5) is 0 Å². The quantitative estimate of drug-likeness (QED) is 0.0493. The minimum absolute atomic E-state index is 0.0721. The molecule has 0 saturated heterocycles. The smallest absolute Gasteiger partial charge is 0.379 e. The van der Waals surface area contributed by atoms with E-state index in [-0.39, 0.29) is 12.7 Å². The highest BCUT2D eigenvalue weighted by Crippen LogP contribution is 2.55. The molecule has 0 aliphatic rings. The maximum atomic E-state index is 12.3. The molecule has 0 rings (SSSR count). The van der Waals surface area contributed by atoms with E-state index in [4.69, 9.17) is 19.7 Å². The van der Waals surface area contributed by atoms with Gasteiger partial charge in [-0.05, 0) is 24.2 Å². The Balaban J connectivity index is 3.89. The molecule has 0 fully saturated rings. The number of hydrogen-bond donors (Lipinski definition) is 2. The molecule has 45 heavy (non-hydrogen) atoms. The van der Waals surface area contributed by atoms with E-state index in [1.54, 1.807) is 0 Å². The highest BCUT2D eigenvalue weighted by Gasteiger charge is 2.22. The molecule has 0 radical (unpaired) electrons. The summed E-state index contributed by atoms with van der Waals surface area (Å²) in [6, 6.07) is 0. The van der Waals surface area contributed by atoms with Gasteiger partial charge in [-0.1, -0.05) is 181 Å². The Bertz CT molecular complexity index is 615. The molecule has 0 aliphatic heterocycles. The fraction of sp³-hybridized carbons (Fsp3) is 1.00. The summed E-state index contributed by atoms with van der Waals surface area (Å²) in [4.78, 5) is 10.1. The molecule has 0 spiro atoms. The first-order valence-corrected chi connectivity index (χ1v) is 22.7. The average Bonchev–Trinajstić information content (AvgIpc) is 3.03. The van der Waals surface area contributed by atoms with Gasteiger partial charge in [-0.15, -0.1) is 0 Å². The molecule has 0 aromatic carbocycles. The Kier molecular flexibility index (Phi) is 37.5. The van der Waals surface area contributed by atoms with Crippen LogP contribution in [-0.4, -0.2) is 49.7 Å². The van der Waals surface area contributed by atoms with Crippen LogP contribution in [0.1, 0.15) is 194 Å². The molecule has 0 heterocycles. The van der Waals surface area contributed by atoms with Crippen molar-refractivity contribution in [1.29, 1.82) is 0 Å². The van der Waals surface area contributed by atoms with Crippen molar-refractivity contribution in [2.45, 2.75) is 200 Å². The molecule has 1 unspecified atom stereocenters. The lowest BCUT2D eigenvalue weighted by molar-refractivity contribution is -0.0395. The van der Waals surface area contributed by atoms with Crippen molar-refractivity contribution in [2.75, 3.05) is 38.7 Å². The topological polar surface area (TPSA) is 91.0 Å². The molecular weight excluding hydrogens is 601 g/mol. The predicted molar refractivity (Wildman–Crippen MR) is 198 cm³/mol. The maximum Gasteiger partial charge on any atom is 0.386 e. The Morgan fingerprint density at radius 3 is 1.29 bits per heavy atom. The summed E-state index contributed by atoms with van der Waals surface area (Å²) >= 11 is 0.887. The Morgan fingerprint density at radius 2 is 0.911 bits per heavy atom. The van der Waals surface area contributed by atoms with E-state index >= 15 is 0 Å². The van der Waals surface area contributed by atoms with Crippen LogP contribution in [0.5, 0.6) is 0 Å². The molecule has 6 nitrogen and oxygen atoms in total. The Morgan fingerprint density at radius 1 is 0.556 bits per heavy atom. The highest BCUT2D eigenvalue weighted by atomic mass is 32.7. The van der Waals surface area contributed by atoms with Gasteiger partial charge in [0.05, 0.1) is 13.2 Å². The van der Waals surface area contributed by atoms with Crippen LogP contribution in [0.3, 0.4) is 0 Å². The van der Waals surface area contributed by atoms with Gasteiger partial charge in [0.25, 0.3) is 0 Å². The molecule has 0 saturated carbocycles. The van der Waals surface area contributed by atoms with E-state index in [2.05, 4.69) is 13.8 Å². The first-order chi connectivity index (χ1) is 22.1.